The number of nitrogens with zero attached hydrogens (tertiary/aromatic N) is 3. The van der Waals surface area contributed by atoms with E-state index in [0.29, 0.717) is 40.9 Å². The van der Waals surface area contributed by atoms with Gasteiger partial charge in [-0.1, -0.05) is 49.3 Å². The Morgan fingerprint density at radius 3 is 2.14 bits per heavy atom. The highest BCUT2D eigenvalue weighted by atomic mass is 32.2. The van der Waals surface area contributed by atoms with Gasteiger partial charge < -0.3 is 29.6 Å². The minimum Gasteiger partial charge on any atom is -0.497 e. The van der Waals surface area contributed by atoms with Crippen LogP contribution in [0.4, 0.5) is 25.0 Å². The number of halogens is 2. The number of nitrogens with one attached hydrogen (secondary N) is 1. The zero-order chi connectivity index (χ0) is 42.8. The third kappa shape index (κ3) is 13.5. The summed E-state index contributed by atoms with van der Waals surface area (Å²) in [7, 11) is -2.47. The molecule has 0 saturated carbocycles. The van der Waals surface area contributed by atoms with Crippen molar-refractivity contribution >= 4 is 39.1 Å². The lowest BCUT2D eigenvalue weighted by Crippen LogP contribution is -2.51. The van der Waals surface area contributed by atoms with Gasteiger partial charge in [0.2, 0.25) is 10.0 Å². The van der Waals surface area contributed by atoms with E-state index in [-0.39, 0.29) is 42.2 Å². The van der Waals surface area contributed by atoms with Gasteiger partial charge in [-0.15, -0.1) is 0 Å². The van der Waals surface area contributed by atoms with Crippen LogP contribution in [0.3, 0.4) is 0 Å². The largest absolute Gasteiger partial charge is 0.497 e. The Bertz CT molecular complexity index is 2160. The Morgan fingerprint density at radius 2 is 1.53 bits per heavy atom. The van der Waals surface area contributed by atoms with E-state index in [1.54, 1.807) is 88.4 Å². The summed E-state index contributed by atoms with van der Waals surface area (Å²) >= 11 is 0. The molecule has 0 aliphatic carbocycles. The van der Waals surface area contributed by atoms with Gasteiger partial charge in [-0.3, -0.25) is 4.79 Å². The molecule has 0 unspecified atom stereocenters. The number of benzene rings is 4. The molecule has 2 atom stereocenters. The van der Waals surface area contributed by atoms with Crippen molar-refractivity contribution < 1.29 is 46.2 Å². The molecule has 2 amide bonds. The quantitative estimate of drug-likeness (QED) is 0.0818. The number of aliphatic hydroxyl groups excluding tert-OH is 1. The summed E-state index contributed by atoms with van der Waals surface area (Å²) in [4.78, 5) is 34.7. The van der Waals surface area contributed by atoms with Gasteiger partial charge in [-0.2, -0.15) is 0 Å². The summed E-state index contributed by atoms with van der Waals surface area (Å²) in [5.41, 5.74) is 0.949. The predicted molar refractivity (Wildman–Crippen MR) is 220 cm³/mol. The SMILES string of the molecule is COc1cccc(CN(C[C@@H](O)[C@H](Cc2cc(F)cc(F)c2)NC(=O)c2cc(C(C)=NOCC(C)C)cc(N(c3ccccc3)S(C)(=O)=O)c2)C(=O)OC(C)(C)C)c1. The van der Waals surface area contributed by atoms with Crippen molar-refractivity contribution in [1.82, 2.24) is 10.2 Å². The number of rotatable bonds is 17. The minimum absolute atomic E-state index is 0.0257. The fraction of sp³-hybridized carbons (Fsp3) is 0.372. The Kier molecular flexibility index (Phi) is 15.4. The second kappa shape index (κ2) is 19.7. The first-order chi connectivity index (χ1) is 27.2. The highest BCUT2D eigenvalue weighted by Crippen LogP contribution is 2.31. The number of methoxy groups -OCH3 is 1. The third-order valence-electron chi connectivity index (χ3n) is 8.49. The monoisotopic (exact) mass is 822 g/mol. The van der Waals surface area contributed by atoms with E-state index in [1.807, 2.05) is 13.8 Å². The fourth-order valence-electron chi connectivity index (χ4n) is 5.89. The van der Waals surface area contributed by atoms with Crippen LogP contribution in [0.25, 0.3) is 0 Å². The summed E-state index contributed by atoms with van der Waals surface area (Å²) in [6, 6.07) is 21.3. The van der Waals surface area contributed by atoms with Crippen LogP contribution in [0, 0.1) is 17.6 Å². The first kappa shape index (κ1) is 45.2. The number of amides is 2. The molecular formula is C43H52F2N4O8S. The molecule has 15 heteroatoms. The molecule has 0 aliphatic rings. The van der Waals surface area contributed by atoms with E-state index in [1.165, 1.54) is 24.1 Å². The highest BCUT2D eigenvalue weighted by Gasteiger charge is 2.31. The van der Waals surface area contributed by atoms with Crippen molar-refractivity contribution in [2.75, 3.05) is 30.8 Å². The van der Waals surface area contributed by atoms with Crippen LogP contribution in [-0.2, 0) is 32.6 Å². The second-order valence-corrected chi connectivity index (χ2v) is 17.2. The number of ether oxygens (including phenoxy) is 2. The van der Waals surface area contributed by atoms with E-state index in [9.17, 15) is 31.9 Å². The maximum absolute atomic E-state index is 14.4. The first-order valence-electron chi connectivity index (χ1n) is 18.6. The van der Waals surface area contributed by atoms with E-state index in [4.69, 9.17) is 14.3 Å². The molecule has 2 N–H and O–H groups in total. The predicted octanol–water partition coefficient (Wildman–Crippen LogP) is 7.61. The molecule has 0 aliphatic heterocycles. The van der Waals surface area contributed by atoms with E-state index < -0.39 is 51.4 Å². The third-order valence-corrected chi connectivity index (χ3v) is 9.57. The number of aliphatic hydroxyl groups is 1. The molecule has 12 nitrogen and oxygen atoms in total. The van der Waals surface area contributed by atoms with Crippen LogP contribution < -0.4 is 14.4 Å². The summed E-state index contributed by atoms with van der Waals surface area (Å²) in [6.45, 7) is 10.5. The minimum atomic E-state index is -3.97. The molecule has 0 aromatic heterocycles. The van der Waals surface area contributed by atoms with Gasteiger partial charge in [-0.25, -0.2) is 26.3 Å². The van der Waals surface area contributed by atoms with Gasteiger partial charge in [0, 0.05) is 23.7 Å². The molecule has 4 aromatic carbocycles. The molecule has 0 fully saturated rings. The smallest absolute Gasteiger partial charge is 0.410 e. The average Bonchev–Trinajstić information content (AvgIpc) is 3.12. The maximum Gasteiger partial charge on any atom is 0.410 e. The van der Waals surface area contributed by atoms with Crippen molar-refractivity contribution in [1.29, 1.82) is 0 Å². The summed E-state index contributed by atoms with van der Waals surface area (Å²) in [5, 5.41) is 18.9. The standard InChI is InChI=1S/C43H52F2N4O8S/c1-28(2)27-56-47-29(3)32-21-33(23-37(22-32)49(58(8,53)54)36-14-10-9-11-15-36)41(51)46-39(20-31-17-34(44)24-35(45)18-31)40(50)26-48(42(52)57-43(4,5)6)25-30-13-12-16-38(19-30)55-7/h9-19,21-24,28,39-40,50H,20,25-27H2,1-8H3,(H,46,51)/t39-,40+/m0/s1. The van der Waals surface area contributed by atoms with Crippen LogP contribution in [0.1, 0.15) is 68.6 Å². The van der Waals surface area contributed by atoms with Crippen molar-refractivity contribution in [3.05, 3.63) is 125 Å². The number of hydrogen-bond donors (Lipinski definition) is 2. The number of anilines is 2. The zero-order valence-electron chi connectivity index (χ0n) is 34.0. The molecule has 0 bridgehead atoms. The molecule has 312 valence electrons. The summed E-state index contributed by atoms with van der Waals surface area (Å²) < 4.78 is 67.6. The molecule has 0 saturated heterocycles. The van der Waals surface area contributed by atoms with E-state index in [2.05, 4.69) is 10.5 Å². The van der Waals surface area contributed by atoms with E-state index in [0.717, 1.165) is 22.7 Å². The van der Waals surface area contributed by atoms with Crippen molar-refractivity contribution in [2.45, 2.75) is 72.3 Å². The topological polar surface area (TPSA) is 147 Å². The molecule has 0 radical (unpaired) electrons. The van der Waals surface area contributed by atoms with Crippen LogP contribution in [0.2, 0.25) is 0 Å². The van der Waals surface area contributed by atoms with Crippen LogP contribution in [0.5, 0.6) is 5.75 Å². The lowest BCUT2D eigenvalue weighted by Gasteiger charge is -2.32. The normalized spacial score (nSPS) is 13.1. The highest BCUT2D eigenvalue weighted by molar-refractivity contribution is 7.92. The van der Waals surface area contributed by atoms with Gasteiger partial charge >= 0.3 is 6.09 Å². The van der Waals surface area contributed by atoms with Crippen LogP contribution in [0.15, 0.2) is 96.2 Å². The second-order valence-electron chi connectivity index (χ2n) is 15.3. The maximum atomic E-state index is 14.4. The molecule has 0 heterocycles. The van der Waals surface area contributed by atoms with Gasteiger partial charge in [0.1, 0.15) is 29.6 Å². The number of hydrogen-bond acceptors (Lipinski definition) is 9. The molecule has 4 rings (SSSR count). The lowest BCUT2D eigenvalue weighted by molar-refractivity contribution is 0.00836. The van der Waals surface area contributed by atoms with Gasteiger partial charge in [0.15, 0.2) is 0 Å². The van der Waals surface area contributed by atoms with Crippen molar-refractivity contribution in [2.24, 2.45) is 11.1 Å². The van der Waals surface area contributed by atoms with Crippen molar-refractivity contribution in [3.8, 4) is 5.75 Å². The fourth-order valence-corrected chi connectivity index (χ4v) is 6.88. The molecule has 58 heavy (non-hydrogen) atoms. The van der Waals surface area contributed by atoms with Gasteiger partial charge in [0.05, 0.1) is 49.1 Å². The zero-order valence-corrected chi connectivity index (χ0v) is 34.8. The lowest BCUT2D eigenvalue weighted by atomic mass is 9.99. The Morgan fingerprint density at radius 1 is 0.879 bits per heavy atom. The number of para-hydroxylation sites is 1. The van der Waals surface area contributed by atoms with Crippen molar-refractivity contribution in [3.63, 3.8) is 0 Å². The number of oxime groups is 1. The Labute approximate surface area is 339 Å². The summed E-state index contributed by atoms with van der Waals surface area (Å²) in [5.74, 6) is -1.79. The Hall–Kier alpha value is -5.54. The summed E-state index contributed by atoms with van der Waals surface area (Å²) in [6.07, 6.45) is -1.52. The molecule has 4 aromatic rings. The number of sulfonamides is 1. The van der Waals surface area contributed by atoms with E-state index >= 15 is 0 Å². The Balaban J connectivity index is 1.80. The number of carbonyl (C=O) groups excluding carboxylic acids is 2. The van der Waals surface area contributed by atoms with Gasteiger partial charge in [0.25, 0.3) is 5.91 Å². The average molecular weight is 823 g/mol. The van der Waals surface area contributed by atoms with Crippen LogP contribution >= 0.6 is 0 Å². The van der Waals surface area contributed by atoms with Gasteiger partial charge in [-0.05, 0) is 106 Å². The molecule has 0 spiro atoms. The van der Waals surface area contributed by atoms with Crippen LogP contribution in [-0.4, -0.2) is 80.4 Å². The first-order valence-corrected chi connectivity index (χ1v) is 20.5. The molecular weight excluding hydrogens is 771 g/mol. The number of carbonyl (C=O) groups is 2.